The number of hydrogen-bond donors (Lipinski definition) is 1. The number of aryl methyl sites for hydroxylation is 1. The van der Waals surface area contributed by atoms with Gasteiger partial charge in [0.15, 0.2) is 11.5 Å². The zero-order valence-corrected chi connectivity index (χ0v) is 19.6. The number of nitrogens with zero attached hydrogens (tertiary/aromatic N) is 9. The number of halogens is 1. The van der Waals surface area contributed by atoms with E-state index in [1.54, 1.807) is 12.1 Å². The van der Waals surface area contributed by atoms with E-state index in [4.69, 9.17) is 0 Å². The van der Waals surface area contributed by atoms with Gasteiger partial charge in [0.1, 0.15) is 12.0 Å². The number of anilines is 3. The van der Waals surface area contributed by atoms with Crippen molar-refractivity contribution in [1.82, 2.24) is 39.6 Å². The van der Waals surface area contributed by atoms with E-state index in [1.807, 2.05) is 36.9 Å². The van der Waals surface area contributed by atoms with Gasteiger partial charge in [0.2, 0.25) is 5.95 Å². The summed E-state index contributed by atoms with van der Waals surface area (Å²) in [4.78, 5) is 15.9. The lowest BCUT2D eigenvalue weighted by molar-refractivity contribution is 0.607. The monoisotopic (exact) mass is 482 g/mol. The Hall–Kier alpha value is -4.67. The molecule has 0 saturated heterocycles. The summed E-state index contributed by atoms with van der Waals surface area (Å²) < 4.78 is 18.0. The minimum absolute atomic E-state index is 0.275. The van der Waals surface area contributed by atoms with Crippen LogP contribution in [0.5, 0.6) is 0 Å². The van der Waals surface area contributed by atoms with Crippen LogP contribution in [-0.2, 0) is 6.42 Å². The van der Waals surface area contributed by atoms with Crippen LogP contribution in [0.15, 0.2) is 67.5 Å². The smallest absolute Gasteiger partial charge is 0.225 e. The van der Waals surface area contributed by atoms with Gasteiger partial charge in [-0.1, -0.05) is 13.0 Å². The molecule has 0 saturated carbocycles. The summed E-state index contributed by atoms with van der Waals surface area (Å²) in [5.74, 6) is 0.318. The Balaban J connectivity index is 1.23. The third-order valence-corrected chi connectivity index (χ3v) is 6.28. The molecule has 4 aromatic heterocycles. The number of pyridine rings is 1. The highest BCUT2D eigenvalue weighted by molar-refractivity contribution is 5.77. The molecule has 0 aliphatic carbocycles. The summed E-state index contributed by atoms with van der Waals surface area (Å²) in [6.07, 6.45) is 13.0. The minimum Gasteiger partial charge on any atom is -0.352 e. The van der Waals surface area contributed by atoms with E-state index >= 15 is 0 Å². The third kappa shape index (κ3) is 4.04. The quantitative estimate of drug-likeness (QED) is 0.390. The molecule has 5 aromatic rings. The Morgan fingerprint density at radius 2 is 1.97 bits per heavy atom. The lowest BCUT2D eigenvalue weighted by Gasteiger charge is -2.26. The maximum atomic E-state index is 14.7. The molecule has 1 N–H and O–H groups in total. The van der Waals surface area contributed by atoms with Crippen molar-refractivity contribution in [3.05, 3.63) is 84.6 Å². The molecular formula is C25H23FN10. The van der Waals surface area contributed by atoms with E-state index in [1.165, 1.54) is 22.6 Å². The van der Waals surface area contributed by atoms with Crippen LogP contribution in [0.2, 0.25) is 0 Å². The Kier molecular flexibility index (Phi) is 5.56. The van der Waals surface area contributed by atoms with Crippen molar-refractivity contribution < 1.29 is 4.39 Å². The van der Waals surface area contributed by atoms with Crippen LogP contribution in [0.25, 0.3) is 16.9 Å². The highest BCUT2D eigenvalue weighted by atomic mass is 19.1. The molecule has 0 bridgehead atoms. The standard InChI is InChI=1S/C25H23FN10/c1-2-17-13-28-25(29-14-17)34-10-7-18(8-11-34)23-15-27-24-21(4-3-9-35(23)24)31-19-5-6-22(20(26)12-19)36-16-30-32-33-36/h3-7,9,12-16,31H,2,8,10-11H2,1H3. The summed E-state index contributed by atoms with van der Waals surface area (Å²) in [7, 11) is 0. The van der Waals surface area contributed by atoms with E-state index in [9.17, 15) is 4.39 Å². The van der Waals surface area contributed by atoms with Crippen molar-refractivity contribution in [3.8, 4) is 5.69 Å². The van der Waals surface area contributed by atoms with Crippen molar-refractivity contribution >= 4 is 28.5 Å². The highest BCUT2D eigenvalue weighted by Crippen LogP contribution is 2.29. The molecule has 180 valence electrons. The number of rotatable bonds is 6. The summed E-state index contributed by atoms with van der Waals surface area (Å²) in [6.45, 7) is 3.66. The van der Waals surface area contributed by atoms with Gasteiger partial charge in [-0.15, -0.1) is 5.10 Å². The Labute approximate surface area is 206 Å². The molecule has 10 nitrogen and oxygen atoms in total. The molecule has 1 aromatic carbocycles. The van der Waals surface area contributed by atoms with Gasteiger partial charge in [-0.2, -0.15) is 4.68 Å². The average Bonchev–Trinajstić information content (AvgIpc) is 3.60. The number of fused-ring (bicyclic) bond motifs is 1. The van der Waals surface area contributed by atoms with Gasteiger partial charge >= 0.3 is 0 Å². The fraction of sp³-hybridized carbons (Fsp3) is 0.200. The molecule has 0 radical (unpaired) electrons. The maximum Gasteiger partial charge on any atom is 0.225 e. The first-order chi connectivity index (χ1) is 17.7. The van der Waals surface area contributed by atoms with E-state index in [-0.39, 0.29) is 5.69 Å². The number of aromatic nitrogens is 8. The van der Waals surface area contributed by atoms with Crippen molar-refractivity contribution in [2.45, 2.75) is 19.8 Å². The first-order valence-electron chi connectivity index (χ1n) is 11.7. The first kappa shape index (κ1) is 21.8. The fourth-order valence-corrected chi connectivity index (χ4v) is 4.32. The van der Waals surface area contributed by atoms with Crippen LogP contribution in [0.4, 0.5) is 21.7 Å². The van der Waals surface area contributed by atoms with Crippen LogP contribution in [0.1, 0.15) is 24.6 Å². The van der Waals surface area contributed by atoms with E-state index in [2.05, 4.69) is 58.1 Å². The molecule has 0 spiro atoms. The molecule has 0 atom stereocenters. The van der Waals surface area contributed by atoms with Crippen LogP contribution in [0, 0.1) is 5.82 Å². The predicted octanol–water partition coefficient (Wildman–Crippen LogP) is 3.84. The summed E-state index contributed by atoms with van der Waals surface area (Å²) in [5.41, 5.74) is 5.81. The largest absolute Gasteiger partial charge is 0.352 e. The fourth-order valence-electron chi connectivity index (χ4n) is 4.32. The van der Waals surface area contributed by atoms with Gasteiger partial charge in [0.25, 0.3) is 0 Å². The van der Waals surface area contributed by atoms with Gasteiger partial charge in [0, 0.05) is 37.4 Å². The van der Waals surface area contributed by atoms with E-state index in [0.29, 0.717) is 5.69 Å². The molecule has 1 aliphatic heterocycles. The van der Waals surface area contributed by atoms with Crippen molar-refractivity contribution in [3.63, 3.8) is 0 Å². The number of nitrogens with one attached hydrogen (secondary N) is 1. The molecule has 6 rings (SSSR count). The van der Waals surface area contributed by atoms with Crippen LogP contribution in [-0.4, -0.2) is 52.6 Å². The van der Waals surface area contributed by atoms with Crippen LogP contribution >= 0.6 is 0 Å². The number of hydrogen-bond acceptors (Lipinski definition) is 8. The van der Waals surface area contributed by atoms with Gasteiger partial charge in [-0.05, 0) is 64.7 Å². The zero-order valence-electron chi connectivity index (χ0n) is 19.6. The van der Waals surface area contributed by atoms with Crippen molar-refractivity contribution in [2.24, 2.45) is 0 Å². The number of benzene rings is 1. The Bertz CT molecular complexity index is 1540. The molecule has 1 aliphatic rings. The molecule has 0 fully saturated rings. The van der Waals surface area contributed by atoms with Crippen molar-refractivity contribution in [2.75, 3.05) is 23.3 Å². The Morgan fingerprint density at radius 3 is 2.69 bits per heavy atom. The van der Waals surface area contributed by atoms with Gasteiger partial charge in [-0.3, -0.25) is 4.40 Å². The lowest BCUT2D eigenvalue weighted by Crippen LogP contribution is -2.30. The number of imidazole rings is 1. The van der Waals surface area contributed by atoms with E-state index < -0.39 is 5.82 Å². The average molecular weight is 483 g/mol. The second-order valence-electron chi connectivity index (χ2n) is 8.47. The molecule has 5 heterocycles. The third-order valence-electron chi connectivity index (χ3n) is 6.28. The van der Waals surface area contributed by atoms with Gasteiger partial charge in [-0.25, -0.2) is 19.3 Å². The predicted molar refractivity (Wildman–Crippen MR) is 134 cm³/mol. The van der Waals surface area contributed by atoms with Crippen molar-refractivity contribution in [1.29, 1.82) is 0 Å². The molecule has 11 heteroatoms. The maximum absolute atomic E-state index is 14.7. The minimum atomic E-state index is -0.437. The first-order valence-corrected chi connectivity index (χ1v) is 11.7. The van der Waals surface area contributed by atoms with Gasteiger partial charge in [0.05, 0.1) is 17.6 Å². The van der Waals surface area contributed by atoms with Crippen LogP contribution < -0.4 is 10.2 Å². The van der Waals surface area contributed by atoms with Gasteiger partial charge < -0.3 is 10.2 Å². The topological polar surface area (TPSA) is 102 Å². The van der Waals surface area contributed by atoms with Crippen LogP contribution in [0.3, 0.4) is 0 Å². The zero-order chi connectivity index (χ0) is 24.5. The second-order valence-corrected chi connectivity index (χ2v) is 8.47. The SMILES string of the molecule is CCc1cnc(N2CC=C(c3cnc4c(Nc5ccc(-n6cnnn6)c(F)c5)cccn34)CC2)nc1. The molecule has 36 heavy (non-hydrogen) atoms. The summed E-state index contributed by atoms with van der Waals surface area (Å²) >= 11 is 0. The van der Waals surface area contributed by atoms with E-state index in [0.717, 1.165) is 54.5 Å². The summed E-state index contributed by atoms with van der Waals surface area (Å²) in [6, 6.07) is 8.69. The molecule has 0 unspecified atom stereocenters. The molecular weight excluding hydrogens is 459 g/mol. The number of tetrazole rings is 1. The highest BCUT2D eigenvalue weighted by Gasteiger charge is 2.18. The molecule has 0 amide bonds. The normalized spacial score (nSPS) is 13.7. The lowest BCUT2D eigenvalue weighted by atomic mass is 10.1. The second kappa shape index (κ2) is 9.17. The summed E-state index contributed by atoms with van der Waals surface area (Å²) in [5, 5.41) is 14.1. The Morgan fingerprint density at radius 1 is 1.08 bits per heavy atom.